The lowest BCUT2D eigenvalue weighted by atomic mass is 9.94. The summed E-state index contributed by atoms with van der Waals surface area (Å²) in [6.45, 7) is 7.73. The normalized spacial score (nSPS) is 13.2. The predicted octanol–water partition coefficient (Wildman–Crippen LogP) is 3.44. The molecule has 17 heavy (non-hydrogen) atoms. The Kier molecular flexibility index (Phi) is 4.58. The molecule has 0 bridgehead atoms. The van der Waals surface area contributed by atoms with Gasteiger partial charge in [0, 0.05) is 5.88 Å². The molecule has 0 aliphatic rings. The maximum Gasteiger partial charge on any atom is 0.227 e. The number of hydrogen-bond donors (Lipinski definition) is 1. The van der Waals surface area contributed by atoms with Crippen LogP contribution >= 0.6 is 11.6 Å². The molecule has 2 nitrogen and oxygen atoms in total. The highest BCUT2D eigenvalue weighted by atomic mass is 35.5. The van der Waals surface area contributed by atoms with Crippen LogP contribution < -0.4 is 5.32 Å². The van der Waals surface area contributed by atoms with Crippen LogP contribution in [0.15, 0.2) is 24.3 Å². The lowest BCUT2D eigenvalue weighted by Gasteiger charge is -2.24. The fourth-order valence-corrected chi connectivity index (χ4v) is 1.72. The molecule has 1 unspecified atom stereocenters. The van der Waals surface area contributed by atoms with E-state index in [4.69, 9.17) is 11.6 Å². The van der Waals surface area contributed by atoms with Gasteiger partial charge in [0.05, 0.1) is 11.5 Å². The molecule has 1 aromatic carbocycles. The van der Waals surface area contributed by atoms with Gasteiger partial charge in [-0.1, -0.05) is 24.3 Å². The Labute approximate surface area is 108 Å². The van der Waals surface area contributed by atoms with Crippen LogP contribution in [0.4, 0.5) is 0 Å². The number of halogens is 1. The van der Waals surface area contributed by atoms with Gasteiger partial charge >= 0.3 is 0 Å². The molecule has 0 spiro atoms. The van der Waals surface area contributed by atoms with Crippen LogP contribution in [-0.2, 0) is 4.79 Å². The van der Waals surface area contributed by atoms with Crippen molar-refractivity contribution in [3.63, 3.8) is 0 Å². The fraction of sp³-hybridized carbons (Fsp3) is 0.500. The Bertz CT molecular complexity index is 401. The molecule has 1 aromatic rings. The van der Waals surface area contributed by atoms with Gasteiger partial charge in [0.1, 0.15) is 0 Å². The minimum Gasteiger partial charge on any atom is -0.349 e. The number of alkyl halides is 1. The molecular weight excluding hydrogens is 234 g/mol. The molecular formula is C14H20ClNO. The highest BCUT2D eigenvalue weighted by Crippen LogP contribution is 2.21. The van der Waals surface area contributed by atoms with Crippen molar-refractivity contribution in [2.45, 2.75) is 33.7 Å². The van der Waals surface area contributed by atoms with E-state index in [-0.39, 0.29) is 11.9 Å². The second-order valence-corrected chi connectivity index (χ2v) is 5.34. The zero-order chi connectivity index (χ0) is 13.1. The average Bonchev–Trinajstić information content (AvgIpc) is 2.29. The molecule has 0 radical (unpaired) electrons. The molecule has 0 aliphatic carbocycles. The number of aryl methyl sites for hydroxylation is 1. The molecule has 3 heteroatoms. The molecule has 94 valence electrons. The number of amides is 1. The first-order valence-electron chi connectivity index (χ1n) is 5.81. The first-order chi connectivity index (χ1) is 7.88. The molecule has 0 saturated heterocycles. The molecule has 1 N–H and O–H groups in total. The maximum absolute atomic E-state index is 12.0. The van der Waals surface area contributed by atoms with Crippen LogP contribution in [0.25, 0.3) is 0 Å². The second-order valence-electron chi connectivity index (χ2n) is 5.07. The van der Waals surface area contributed by atoms with Gasteiger partial charge in [0.2, 0.25) is 5.91 Å². The lowest BCUT2D eigenvalue weighted by Crippen LogP contribution is -2.39. The fourth-order valence-electron chi connectivity index (χ4n) is 1.60. The first kappa shape index (κ1) is 14.0. The smallest absolute Gasteiger partial charge is 0.227 e. The monoisotopic (exact) mass is 253 g/mol. The van der Waals surface area contributed by atoms with E-state index < -0.39 is 5.41 Å². The first-order valence-corrected chi connectivity index (χ1v) is 6.34. The van der Waals surface area contributed by atoms with Crippen molar-refractivity contribution in [3.8, 4) is 0 Å². The third-order valence-corrected chi connectivity index (χ3v) is 3.62. The Morgan fingerprint density at radius 1 is 1.41 bits per heavy atom. The second kappa shape index (κ2) is 5.54. The summed E-state index contributed by atoms with van der Waals surface area (Å²) in [6, 6.07) is 8.07. The summed E-state index contributed by atoms with van der Waals surface area (Å²) in [7, 11) is 0. The van der Waals surface area contributed by atoms with Crippen LogP contribution in [-0.4, -0.2) is 11.8 Å². The predicted molar refractivity (Wildman–Crippen MR) is 72.2 cm³/mol. The summed E-state index contributed by atoms with van der Waals surface area (Å²) in [5.41, 5.74) is 1.80. The van der Waals surface area contributed by atoms with Crippen molar-refractivity contribution >= 4 is 17.5 Å². The molecule has 0 aliphatic heterocycles. The number of carbonyl (C=O) groups is 1. The van der Waals surface area contributed by atoms with Crippen LogP contribution in [0.1, 0.15) is 37.9 Å². The van der Waals surface area contributed by atoms with Crippen LogP contribution in [0.3, 0.4) is 0 Å². The lowest BCUT2D eigenvalue weighted by molar-refractivity contribution is -0.129. The van der Waals surface area contributed by atoms with Crippen LogP contribution in [0.2, 0.25) is 0 Å². The summed E-state index contributed by atoms with van der Waals surface area (Å²) >= 11 is 5.79. The van der Waals surface area contributed by atoms with Crippen molar-refractivity contribution in [3.05, 3.63) is 35.4 Å². The van der Waals surface area contributed by atoms with E-state index in [0.29, 0.717) is 5.88 Å². The summed E-state index contributed by atoms with van der Waals surface area (Å²) < 4.78 is 0. The SMILES string of the molecule is Cc1ccccc1C(C)NC(=O)C(C)(C)CCl. The van der Waals surface area contributed by atoms with E-state index in [2.05, 4.69) is 5.32 Å². The van der Waals surface area contributed by atoms with Gasteiger partial charge in [-0.3, -0.25) is 4.79 Å². The number of nitrogens with one attached hydrogen (secondary N) is 1. The van der Waals surface area contributed by atoms with Crippen molar-refractivity contribution in [2.24, 2.45) is 5.41 Å². The summed E-state index contributed by atoms with van der Waals surface area (Å²) in [5, 5.41) is 3.00. The summed E-state index contributed by atoms with van der Waals surface area (Å²) in [6.07, 6.45) is 0. The molecule has 1 amide bonds. The Hall–Kier alpha value is -1.02. The molecule has 1 atom stereocenters. The summed E-state index contributed by atoms with van der Waals surface area (Å²) in [4.78, 5) is 12.0. The van der Waals surface area contributed by atoms with E-state index in [9.17, 15) is 4.79 Å². The van der Waals surface area contributed by atoms with Gasteiger partial charge in [-0.25, -0.2) is 0 Å². The summed E-state index contributed by atoms with van der Waals surface area (Å²) in [5.74, 6) is 0.308. The van der Waals surface area contributed by atoms with Gasteiger partial charge in [0.15, 0.2) is 0 Å². The Morgan fingerprint density at radius 3 is 2.53 bits per heavy atom. The molecule has 0 heterocycles. The van der Waals surface area contributed by atoms with Crippen molar-refractivity contribution in [1.29, 1.82) is 0 Å². The van der Waals surface area contributed by atoms with E-state index in [1.54, 1.807) is 0 Å². The molecule has 0 fully saturated rings. The minimum absolute atomic E-state index is 0.00573. The zero-order valence-electron chi connectivity index (χ0n) is 10.9. The average molecular weight is 254 g/mol. The molecule has 0 saturated carbocycles. The van der Waals surface area contributed by atoms with Crippen molar-refractivity contribution < 1.29 is 4.79 Å². The Morgan fingerprint density at radius 2 is 2.00 bits per heavy atom. The van der Waals surface area contributed by atoms with Crippen molar-refractivity contribution in [2.75, 3.05) is 5.88 Å². The third-order valence-electron chi connectivity index (χ3n) is 2.95. The van der Waals surface area contributed by atoms with Gasteiger partial charge in [0.25, 0.3) is 0 Å². The quantitative estimate of drug-likeness (QED) is 0.819. The highest BCUT2D eigenvalue weighted by Gasteiger charge is 2.27. The van der Waals surface area contributed by atoms with Gasteiger partial charge in [-0.15, -0.1) is 11.6 Å². The molecule has 1 rings (SSSR count). The van der Waals surface area contributed by atoms with Gasteiger partial charge < -0.3 is 5.32 Å². The maximum atomic E-state index is 12.0. The largest absolute Gasteiger partial charge is 0.349 e. The number of rotatable bonds is 4. The Balaban J connectivity index is 2.77. The van der Waals surface area contributed by atoms with E-state index in [0.717, 1.165) is 5.56 Å². The number of benzene rings is 1. The number of hydrogen-bond acceptors (Lipinski definition) is 1. The van der Waals surface area contributed by atoms with Gasteiger partial charge in [-0.2, -0.15) is 0 Å². The zero-order valence-corrected chi connectivity index (χ0v) is 11.6. The third kappa shape index (κ3) is 3.47. The van der Waals surface area contributed by atoms with E-state index in [1.807, 2.05) is 52.0 Å². The standard InChI is InChI=1S/C14H20ClNO/c1-10-7-5-6-8-12(10)11(2)16-13(17)14(3,4)9-15/h5-8,11H,9H2,1-4H3,(H,16,17). The highest BCUT2D eigenvalue weighted by molar-refractivity contribution is 6.19. The van der Waals surface area contributed by atoms with Gasteiger partial charge in [-0.05, 0) is 38.8 Å². The molecule has 0 aromatic heterocycles. The van der Waals surface area contributed by atoms with Crippen LogP contribution in [0, 0.1) is 12.3 Å². The number of carbonyl (C=O) groups excluding carboxylic acids is 1. The van der Waals surface area contributed by atoms with Crippen molar-refractivity contribution in [1.82, 2.24) is 5.32 Å². The van der Waals surface area contributed by atoms with E-state index in [1.165, 1.54) is 5.56 Å². The topological polar surface area (TPSA) is 29.1 Å². The van der Waals surface area contributed by atoms with Crippen LogP contribution in [0.5, 0.6) is 0 Å². The minimum atomic E-state index is -0.529. The van der Waals surface area contributed by atoms with E-state index >= 15 is 0 Å².